The molecular weight excluding hydrogens is 316 g/mol. The van der Waals surface area contributed by atoms with E-state index in [4.69, 9.17) is 0 Å². The normalized spacial score (nSPS) is 15.1. The van der Waals surface area contributed by atoms with Crippen molar-refractivity contribution in [3.8, 4) is 0 Å². The van der Waals surface area contributed by atoms with Gasteiger partial charge in [-0.15, -0.1) is 0 Å². The van der Waals surface area contributed by atoms with Crippen LogP contribution in [-0.4, -0.2) is 28.7 Å². The van der Waals surface area contributed by atoms with Crippen LogP contribution >= 0.6 is 15.9 Å². The number of carbonyl (C=O) groups excluding carboxylic acids is 1. The van der Waals surface area contributed by atoms with Crippen LogP contribution in [0.4, 0.5) is 8.78 Å². The van der Waals surface area contributed by atoms with Gasteiger partial charge in [0.05, 0.1) is 6.42 Å². The van der Waals surface area contributed by atoms with Gasteiger partial charge in [0.1, 0.15) is 11.6 Å². The fourth-order valence-electron chi connectivity index (χ4n) is 2.25. The lowest BCUT2D eigenvalue weighted by atomic mass is 9.91. The van der Waals surface area contributed by atoms with Crippen molar-refractivity contribution in [3.05, 3.63) is 35.4 Å². The number of halogens is 3. The maximum absolute atomic E-state index is 13.5. The molecule has 19 heavy (non-hydrogen) atoms. The van der Waals surface area contributed by atoms with E-state index < -0.39 is 11.6 Å². The molecule has 5 heteroatoms. The van der Waals surface area contributed by atoms with Crippen molar-refractivity contribution < 1.29 is 13.6 Å². The number of alkyl halides is 1. The molecule has 1 amide bonds. The van der Waals surface area contributed by atoms with Crippen LogP contribution in [0.1, 0.15) is 24.8 Å². The average Bonchev–Trinajstić information content (AvgIpc) is 2.31. The monoisotopic (exact) mass is 331 g/mol. The first-order valence-corrected chi connectivity index (χ1v) is 7.54. The highest BCUT2D eigenvalue weighted by atomic mass is 79.9. The van der Waals surface area contributed by atoms with Gasteiger partial charge in [0, 0.05) is 23.5 Å². The van der Waals surface area contributed by atoms with E-state index in [0.29, 0.717) is 11.9 Å². The van der Waals surface area contributed by atoms with Gasteiger partial charge in [-0.1, -0.05) is 22.0 Å². The Morgan fingerprint density at radius 3 is 2.42 bits per heavy atom. The molecule has 2 nitrogen and oxygen atoms in total. The first kappa shape index (κ1) is 14.4. The maximum atomic E-state index is 13.5. The van der Waals surface area contributed by atoms with Crippen LogP contribution in [0, 0.1) is 11.6 Å². The minimum absolute atomic E-state index is 0.133. The number of benzene rings is 1. The lowest BCUT2D eigenvalue weighted by Crippen LogP contribution is -2.46. The summed E-state index contributed by atoms with van der Waals surface area (Å²) in [6.07, 6.45) is 2.88. The summed E-state index contributed by atoms with van der Waals surface area (Å²) < 4.78 is 27.1. The average molecular weight is 332 g/mol. The first-order valence-electron chi connectivity index (χ1n) is 6.42. The predicted molar refractivity (Wildman–Crippen MR) is 73.2 cm³/mol. The summed E-state index contributed by atoms with van der Waals surface area (Å²) >= 11 is 3.31. The van der Waals surface area contributed by atoms with E-state index in [1.807, 2.05) is 0 Å². The van der Waals surface area contributed by atoms with Crippen molar-refractivity contribution in [3.63, 3.8) is 0 Å². The minimum atomic E-state index is -0.652. The summed E-state index contributed by atoms with van der Waals surface area (Å²) in [6.45, 7) is 0.583. The lowest BCUT2D eigenvalue weighted by Gasteiger charge is -2.37. The van der Waals surface area contributed by atoms with E-state index >= 15 is 0 Å². The number of nitrogens with zero attached hydrogens (tertiary/aromatic N) is 1. The molecule has 0 saturated heterocycles. The summed E-state index contributed by atoms with van der Waals surface area (Å²) in [5.41, 5.74) is -0.133. The second-order valence-electron chi connectivity index (χ2n) is 4.74. The van der Waals surface area contributed by atoms with Gasteiger partial charge in [0.15, 0.2) is 0 Å². The van der Waals surface area contributed by atoms with Crippen LogP contribution in [0.15, 0.2) is 18.2 Å². The van der Waals surface area contributed by atoms with Gasteiger partial charge in [-0.05, 0) is 31.4 Å². The molecule has 0 heterocycles. The molecule has 0 aliphatic heterocycles. The summed E-state index contributed by atoms with van der Waals surface area (Å²) in [7, 11) is 0. The summed E-state index contributed by atoms with van der Waals surface area (Å²) in [5, 5.41) is 0.676. The Balaban J connectivity index is 2.09. The first-order chi connectivity index (χ1) is 9.13. The van der Waals surface area contributed by atoms with Crippen molar-refractivity contribution in [2.75, 3.05) is 11.9 Å². The van der Waals surface area contributed by atoms with E-state index in [-0.39, 0.29) is 23.9 Å². The third-order valence-corrected chi connectivity index (χ3v) is 3.91. The van der Waals surface area contributed by atoms with Gasteiger partial charge in [-0.2, -0.15) is 0 Å². The topological polar surface area (TPSA) is 20.3 Å². The van der Waals surface area contributed by atoms with Crippen molar-refractivity contribution >= 4 is 21.8 Å². The molecule has 1 saturated carbocycles. The fraction of sp³-hybridized carbons (Fsp3) is 0.500. The van der Waals surface area contributed by atoms with Gasteiger partial charge in [-0.25, -0.2) is 8.78 Å². The van der Waals surface area contributed by atoms with Crippen LogP contribution in [-0.2, 0) is 11.2 Å². The molecule has 2 rings (SSSR count). The van der Waals surface area contributed by atoms with Crippen molar-refractivity contribution in [2.24, 2.45) is 0 Å². The number of hydrogen-bond donors (Lipinski definition) is 0. The number of amides is 1. The van der Waals surface area contributed by atoms with Crippen LogP contribution in [0.5, 0.6) is 0 Å². The number of hydrogen-bond acceptors (Lipinski definition) is 1. The Kier molecular flexibility index (Phi) is 4.91. The SMILES string of the molecule is O=C(Cc1c(F)cccc1F)N(CCBr)C1CCC1. The van der Waals surface area contributed by atoms with Crippen LogP contribution in [0.2, 0.25) is 0 Å². The van der Waals surface area contributed by atoms with Gasteiger partial charge in [-0.3, -0.25) is 4.79 Å². The van der Waals surface area contributed by atoms with Crippen molar-refractivity contribution in [1.82, 2.24) is 4.90 Å². The molecule has 0 bridgehead atoms. The quantitative estimate of drug-likeness (QED) is 0.758. The van der Waals surface area contributed by atoms with E-state index in [9.17, 15) is 13.6 Å². The Morgan fingerprint density at radius 2 is 1.95 bits per heavy atom. The highest BCUT2D eigenvalue weighted by Gasteiger charge is 2.29. The predicted octanol–water partition coefficient (Wildman–Crippen LogP) is 3.28. The zero-order valence-electron chi connectivity index (χ0n) is 10.5. The molecule has 1 fully saturated rings. The number of rotatable bonds is 5. The maximum Gasteiger partial charge on any atom is 0.227 e. The van der Waals surface area contributed by atoms with E-state index in [0.717, 1.165) is 19.3 Å². The van der Waals surface area contributed by atoms with Crippen molar-refractivity contribution in [2.45, 2.75) is 31.7 Å². The van der Waals surface area contributed by atoms with Gasteiger partial charge < -0.3 is 4.90 Å². The largest absolute Gasteiger partial charge is 0.339 e. The van der Waals surface area contributed by atoms with E-state index in [1.54, 1.807) is 4.90 Å². The van der Waals surface area contributed by atoms with Gasteiger partial charge in [0.25, 0.3) is 0 Å². The second kappa shape index (κ2) is 6.46. The molecule has 0 unspecified atom stereocenters. The minimum Gasteiger partial charge on any atom is -0.339 e. The van der Waals surface area contributed by atoms with E-state index in [1.165, 1.54) is 18.2 Å². The summed E-state index contributed by atoms with van der Waals surface area (Å²) in [5.74, 6) is -1.50. The summed E-state index contributed by atoms with van der Waals surface area (Å²) in [6, 6.07) is 3.91. The molecule has 0 N–H and O–H groups in total. The Labute approximate surface area is 119 Å². The fourth-order valence-corrected chi connectivity index (χ4v) is 2.64. The van der Waals surface area contributed by atoms with Crippen LogP contribution in [0.3, 0.4) is 0 Å². The zero-order chi connectivity index (χ0) is 13.8. The molecular formula is C14H16BrF2NO. The number of carbonyl (C=O) groups is 1. The molecule has 0 aromatic heterocycles. The molecule has 1 aliphatic rings. The molecule has 0 atom stereocenters. The van der Waals surface area contributed by atoms with Crippen LogP contribution < -0.4 is 0 Å². The molecule has 1 aromatic rings. The summed E-state index contributed by atoms with van der Waals surface area (Å²) in [4.78, 5) is 14.0. The Hall–Kier alpha value is -0.970. The van der Waals surface area contributed by atoms with Crippen LogP contribution in [0.25, 0.3) is 0 Å². The third-order valence-electron chi connectivity index (χ3n) is 3.55. The Morgan fingerprint density at radius 1 is 1.32 bits per heavy atom. The molecule has 1 aromatic carbocycles. The molecule has 0 radical (unpaired) electrons. The van der Waals surface area contributed by atoms with Gasteiger partial charge in [0.2, 0.25) is 5.91 Å². The molecule has 1 aliphatic carbocycles. The van der Waals surface area contributed by atoms with E-state index in [2.05, 4.69) is 15.9 Å². The highest BCUT2D eigenvalue weighted by Crippen LogP contribution is 2.26. The lowest BCUT2D eigenvalue weighted by molar-refractivity contribution is -0.134. The smallest absolute Gasteiger partial charge is 0.227 e. The zero-order valence-corrected chi connectivity index (χ0v) is 12.1. The third kappa shape index (κ3) is 3.32. The second-order valence-corrected chi connectivity index (χ2v) is 5.53. The van der Waals surface area contributed by atoms with Gasteiger partial charge >= 0.3 is 0 Å². The molecule has 0 spiro atoms. The Bertz CT molecular complexity index is 443. The van der Waals surface area contributed by atoms with Crippen molar-refractivity contribution in [1.29, 1.82) is 0 Å². The molecule has 104 valence electrons. The highest BCUT2D eigenvalue weighted by molar-refractivity contribution is 9.09. The standard InChI is InChI=1S/C14H16BrF2NO/c15-7-8-18(10-3-1-4-10)14(19)9-11-12(16)5-2-6-13(11)17/h2,5-6,10H,1,3-4,7-9H2.